The van der Waals surface area contributed by atoms with Gasteiger partial charge in [-0.25, -0.2) is 23.0 Å². The van der Waals surface area contributed by atoms with E-state index in [0.29, 0.717) is 10.2 Å². The van der Waals surface area contributed by atoms with Crippen molar-refractivity contribution in [3.05, 3.63) is 47.7 Å². The molecule has 5 rings (SSSR count). The Labute approximate surface area is 251 Å². The molecule has 9 nitrogen and oxygen atoms in total. The van der Waals surface area contributed by atoms with Crippen molar-refractivity contribution >= 4 is 17.5 Å². The first kappa shape index (κ1) is 32.6. The predicted octanol–water partition coefficient (Wildman–Crippen LogP) is 6.26. The lowest BCUT2D eigenvalue weighted by Gasteiger charge is -2.33. The van der Waals surface area contributed by atoms with E-state index in [4.69, 9.17) is 0 Å². The number of hydrogen-bond donors (Lipinski definition) is 2. The van der Waals surface area contributed by atoms with E-state index in [1.54, 1.807) is 6.07 Å². The van der Waals surface area contributed by atoms with Gasteiger partial charge in [0.05, 0.1) is 36.6 Å². The summed E-state index contributed by atoms with van der Waals surface area (Å²) in [4.78, 5) is 30.2. The van der Waals surface area contributed by atoms with E-state index in [0.717, 1.165) is 32.0 Å². The molecule has 2 aliphatic carbocycles. The molecular formula is C28H31F8N7O2. The number of fused-ring (bicyclic) bond motifs is 1. The fraction of sp³-hybridized carbons (Fsp3) is 0.607. The van der Waals surface area contributed by atoms with Gasteiger partial charge in [-0.05, 0) is 62.1 Å². The molecule has 3 heterocycles. The number of hydrogen-bond acceptors (Lipinski definition) is 5. The molecular weight excluding hydrogens is 618 g/mol. The van der Waals surface area contributed by atoms with Crippen LogP contribution in [0.4, 0.5) is 35.1 Å². The van der Waals surface area contributed by atoms with Crippen LogP contribution >= 0.6 is 0 Å². The van der Waals surface area contributed by atoms with Crippen molar-refractivity contribution in [3.8, 4) is 0 Å². The highest BCUT2D eigenvalue weighted by Crippen LogP contribution is 2.43. The maximum Gasteiger partial charge on any atom is 0.410 e. The Morgan fingerprint density at radius 2 is 1.67 bits per heavy atom. The van der Waals surface area contributed by atoms with Crippen LogP contribution in [0.1, 0.15) is 98.2 Å². The molecule has 0 radical (unpaired) electrons. The van der Waals surface area contributed by atoms with Gasteiger partial charge in [0.2, 0.25) is 11.8 Å². The third-order valence-electron chi connectivity index (χ3n) is 8.35. The molecule has 3 aromatic rings. The summed E-state index contributed by atoms with van der Waals surface area (Å²) in [7, 11) is 0. The Morgan fingerprint density at radius 3 is 2.29 bits per heavy atom. The summed E-state index contributed by atoms with van der Waals surface area (Å²) in [5.74, 6) is -5.07. The standard InChI is InChI=1S/C28H31F8N7O2/c1-15(28(34,35)36)43-20(7-11-37-43)25(45)41-24(17-4-8-26(29,30)9-5-17)19-14-42-21(39-19)12-18(13-38-42)23(16-2-3-16)40-22(44)6-10-27(31,32)33/h7,11-17,23-24H,2-6,8-10H2,1H3,(H,40,44)(H,41,45)/t15-,23+,24-/m0/s1. The number of amides is 2. The van der Waals surface area contributed by atoms with Crippen LogP contribution in [0.15, 0.2) is 30.7 Å². The lowest BCUT2D eigenvalue weighted by atomic mass is 9.81. The van der Waals surface area contributed by atoms with E-state index >= 15 is 0 Å². The van der Waals surface area contributed by atoms with Gasteiger partial charge in [-0.2, -0.15) is 36.5 Å². The number of alkyl halides is 8. The van der Waals surface area contributed by atoms with E-state index in [-0.39, 0.29) is 35.8 Å². The number of aromatic nitrogens is 5. The normalized spacial score (nSPS) is 19.7. The topological polar surface area (TPSA) is 106 Å². The number of halogens is 8. The van der Waals surface area contributed by atoms with Gasteiger partial charge >= 0.3 is 12.4 Å². The summed E-state index contributed by atoms with van der Waals surface area (Å²) < 4.78 is 108. The van der Waals surface area contributed by atoms with E-state index in [2.05, 4.69) is 25.8 Å². The molecule has 0 saturated heterocycles. The van der Waals surface area contributed by atoms with Crippen molar-refractivity contribution in [2.24, 2.45) is 11.8 Å². The number of carbonyl (C=O) groups excluding carboxylic acids is 2. The second kappa shape index (κ2) is 12.2. The zero-order valence-corrected chi connectivity index (χ0v) is 24.0. The summed E-state index contributed by atoms with van der Waals surface area (Å²) in [5, 5.41) is 13.3. The van der Waals surface area contributed by atoms with Crippen molar-refractivity contribution < 1.29 is 44.7 Å². The minimum absolute atomic E-state index is 0.00148. The number of nitrogens with one attached hydrogen (secondary N) is 2. The molecule has 0 aliphatic heterocycles. The van der Waals surface area contributed by atoms with Crippen molar-refractivity contribution in [1.29, 1.82) is 0 Å². The van der Waals surface area contributed by atoms with E-state index < -0.39 is 79.8 Å². The largest absolute Gasteiger partial charge is 0.410 e. The van der Waals surface area contributed by atoms with Gasteiger partial charge in [0.1, 0.15) is 11.7 Å². The molecule has 2 fully saturated rings. The van der Waals surface area contributed by atoms with Crippen LogP contribution in [0, 0.1) is 11.8 Å². The Morgan fingerprint density at radius 1 is 1.00 bits per heavy atom. The molecule has 2 aliphatic rings. The van der Waals surface area contributed by atoms with E-state index in [9.17, 15) is 44.7 Å². The molecule has 0 spiro atoms. The first-order chi connectivity index (χ1) is 21.0. The maximum atomic E-state index is 14.0. The number of imidazole rings is 1. The molecule has 3 atom stereocenters. The average Bonchev–Trinajstić information content (AvgIpc) is 3.51. The fourth-order valence-electron chi connectivity index (χ4n) is 5.62. The van der Waals surface area contributed by atoms with Crippen LogP contribution in [-0.4, -0.2) is 54.5 Å². The first-order valence-electron chi connectivity index (χ1n) is 14.5. The first-order valence-corrected chi connectivity index (χ1v) is 14.5. The fourth-order valence-corrected chi connectivity index (χ4v) is 5.62. The summed E-state index contributed by atoms with van der Waals surface area (Å²) >= 11 is 0. The monoisotopic (exact) mass is 649 g/mol. The quantitative estimate of drug-likeness (QED) is 0.253. The van der Waals surface area contributed by atoms with Gasteiger partial charge in [-0.15, -0.1) is 0 Å². The smallest absolute Gasteiger partial charge is 0.349 e. The zero-order valence-electron chi connectivity index (χ0n) is 24.0. The number of carbonyl (C=O) groups is 2. The van der Waals surface area contributed by atoms with Crippen LogP contribution in [0.5, 0.6) is 0 Å². The Kier molecular flexibility index (Phi) is 8.83. The molecule has 0 unspecified atom stereocenters. The second-order valence-electron chi connectivity index (χ2n) is 11.8. The van der Waals surface area contributed by atoms with Crippen molar-refractivity contribution in [2.75, 3.05) is 0 Å². The third-order valence-corrected chi connectivity index (χ3v) is 8.35. The van der Waals surface area contributed by atoms with Crippen LogP contribution in [-0.2, 0) is 4.79 Å². The molecule has 3 aromatic heterocycles. The van der Waals surface area contributed by atoms with Crippen LogP contribution in [0.2, 0.25) is 0 Å². The average molecular weight is 650 g/mol. The van der Waals surface area contributed by atoms with Crippen LogP contribution < -0.4 is 10.6 Å². The van der Waals surface area contributed by atoms with Gasteiger partial charge in [0.15, 0.2) is 5.65 Å². The van der Waals surface area contributed by atoms with Gasteiger partial charge in [0.25, 0.3) is 5.91 Å². The van der Waals surface area contributed by atoms with Crippen molar-refractivity contribution in [2.45, 2.75) is 94.7 Å². The Hall–Kier alpha value is -3.79. The summed E-state index contributed by atoms with van der Waals surface area (Å²) in [6.45, 7) is 0.851. The van der Waals surface area contributed by atoms with Gasteiger partial charge in [-0.1, -0.05) is 0 Å². The van der Waals surface area contributed by atoms with Gasteiger partial charge in [-0.3, -0.25) is 9.59 Å². The highest BCUT2D eigenvalue weighted by Gasteiger charge is 2.42. The lowest BCUT2D eigenvalue weighted by molar-refractivity contribution is -0.165. The van der Waals surface area contributed by atoms with Crippen LogP contribution in [0.25, 0.3) is 5.65 Å². The molecule has 0 bridgehead atoms. The zero-order chi connectivity index (χ0) is 32.7. The third kappa shape index (κ3) is 7.90. The minimum Gasteiger partial charge on any atom is -0.349 e. The Bertz CT molecular complexity index is 1520. The molecule has 45 heavy (non-hydrogen) atoms. The SMILES string of the molecule is C[C@H](n1nccc1C(=O)N[C@H](c1cn2ncc([C@H](NC(=O)CCC(F)(F)F)C3CC3)cc2n1)C1CCC(F)(F)CC1)C(F)(F)F. The molecule has 2 N–H and O–H groups in total. The summed E-state index contributed by atoms with van der Waals surface area (Å²) in [5.41, 5.74) is 0.623. The van der Waals surface area contributed by atoms with Crippen molar-refractivity contribution in [3.63, 3.8) is 0 Å². The van der Waals surface area contributed by atoms with Gasteiger partial charge in [0, 0.05) is 25.5 Å². The maximum absolute atomic E-state index is 14.0. The summed E-state index contributed by atoms with van der Waals surface area (Å²) in [6, 6.07) is -0.953. The minimum atomic E-state index is -4.68. The van der Waals surface area contributed by atoms with Gasteiger partial charge < -0.3 is 10.6 Å². The molecule has 2 saturated carbocycles. The van der Waals surface area contributed by atoms with Crippen molar-refractivity contribution in [1.82, 2.24) is 35.0 Å². The van der Waals surface area contributed by atoms with E-state index in [1.165, 1.54) is 16.9 Å². The highest BCUT2D eigenvalue weighted by atomic mass is 19.4. The van der Waals surface area contributed by atoms with E-state index in [1.807, 2.05) is 0 Å². The van der Waals surface area contributed by atoms with Crippen LogP contribution in [0.3, 0.4) is 0 Å². The number of nitrogens with zero attached hydrogens (tertiary/aromatic N) is 5. The summed E-state index contributed by atoms with van der Waals surface area (Å²) in [6.07, 6.45) is -6.54. The number of rotatable bonds is 10. The molecule has 246 valence electrons. The molecule has 2 amide bonds. The Balaban J connectivity index is 1.41. The second-order valence-corrected chi connectivity index (χ2v) is 11.8. The molecule has 17 heteroatoms. The lowest BCUT2D eigenvalue weighted by Crippen LogP contribution is -2.39. The molecule has 0 aromatic carbocycles. The predicted molar refractivity (Wildman–Crippen MR) is 142 cm³/mol. The highest BCUT2D eigenvalue weighted by molar-refractivity contribution is 5.92.